The van der Waals surface area contributed by atoms with Gasteiger partial charge in [0.05, 0.1) is 22.7 Å². The Hall–Kier alpha value is -2.89. The van der Waals surface area contributed by atoms with Gasteiger partial charge in [-0.05, 0) is 30.3 Å². The number of nitrogens with zero attached hydrogens (tertiary/aromatic N) is 5. The van der Waals surface area contributed by atoms with Gasteiger partial charge in [0.2, 0.25) is 0 Å². The molecule has 0 aliphatic rings. The maximum Gasteiger partial charge on any atom is 0.164 e. The summed E-state index contributed by atoms with van der Waals surface area (Å²) >= 11 is 5.96. The summed E-state index contributed by atoms with van der Waals surface area (Å²) in [6, 6.07) is 12.7. The maximum atomic E-state index is 9.14. The standard InChI is InChI=1S/C15H8ClN5/c16-7-14-20-13-2-1-5-19-15(13)21(14)12-4-3-10(8-17)11(6-12)9-18/h1-6H,7H2. The molecule has 2 heterocycles. The van der Waals surface area contributed by atoms with Crippen LogP contribution in [-0.2, 0) is 5.88 Å². The van der Waals surface area contributed by atoms with Gasteiger partial charge in [-0.15, -0.1) is 11.6 Å². The van der Waals surface area contributed by atoms with Crippen molar-refractivity contribution >= 4 is 22.8 Å². The van der Waals surface area contributed by atoms with Crippen molar-refractivity contribution in [3.8, 4) is 17.8 Å². The summed E-state index contributed by atoms with van der Waals surface area (Å²) in [5.74, 6) is 0.858. The lowest BCUT2D eigenvalue weighted by atomic mass is 10.1. The summed E-state index contributed by atoms with van der Waals surface area (Å²) < 4.78 is 1.80. The van der Waals surface area contributed by atoms with Crippen LogP contribution in [0.25, 0.3) is 16.9 Å². The third kappa shape index (κ3) is 2.10. The summed E-state index contributed by atoms with van der Waals surface area (Å²) in [7, 11) is 0. The number of benzene rings is 1. The number of alkyl halides is 1. The van der Waals surface area contributed by atoms with Crippen LogP contribution >= 0.6 is 11.6 Å². The van der Waals surface area contributed by atoms with Crippen LogP contribution in [0.4, 0.5) is 0 Å². The van der Waals surface area contributed by atoms with E-state index in [9.17, 15) is 0 Å². The zero-order chi connectivity index (χ0) is 14.8. The van der Waals surface area contributed by atoms with Crippen LogP contribution in [0.15, 0.2) is 36.5 Å². The van der Waals surface area contributed by atoms with Gasteiger partial charge in [0.25, 0.3) is 0 Å². The molecule has 0 radical (unpaired) electrons. The molecule has 0 atom stereocenters. The fourth-order valence-corrected chi connectivity index (χ4v) is 2.36. The molecule has 0 unspecified atom stereocenters. The largest absolute Gasteiger partial charge is 0.280 e. The van der Waals surface area contributed by atoms with Crippen LogP contribution in [0.2, 0.25) is 0 Å². The first kappa shape index (κ1) is 13.1. The van der Waals surface area contributed by atoms with E-state index in [0.29, 0.717) is 28.3 Å². The Morgan fingerprint density at radius 1 is 1.14 bits per heavy atom. The molecule has 0 spiro atoms. The molecule has 21 heavy (non-hydrogen) atoms. The summed E-state index contributed by atoms with van der Waals surface area (Å²) in [5.41, 5.74) is 2.76. The second-order valence-electron chi connectivity index (χ2n) is 4.30. The number of aromatic nitrogens is 3. The molecule has 3 rings (SSSR count). The molecule has 0 saturated heterocycles. The molecule has 0 fully saturated rings. The van der Waals surface area contributed by atoms with Crippen LogP contribution in [0, 0.1) is 22.7 Å². The van der Waals surface area contributed by atoms with Gasteiger partial charge in [0.15, 0.2) is 5.65 Å². The minimum atomic E-state index is 0.220. The highest BCUT2D eigenvalue weighted by Gasteiger charge is 2.14. The number of halogens is 1. The molecule has 0 N–H and O–H groups in total. The van der Waals surface area contributed by atoms with Gasteiger partial charge >= 0.3 is 0 Å². The summed E-state index contributed by atoms with van der Waals surface area (Å²) in [6.07, 6.45) is 1.67. The molecule has 1 aromatic carbocycles. The van der Waals surface area contributed by atoms with Gasteiger partial charge < -0.3 is 0 Å². The topological polar surface area (TPSA) is 78.3 Å². The van der Waals surface area contributed by atoms with Gasteiger partial charge in [0, 0.05) is 6.20 Å². The summed E-state index contributed by atoms with van der Waals surface area (Å²) in [5, 5.41) is 18.1. The van der Waals surface area contributed by atoms with Crippen molar-refractivity contribution in [2.24, 2.45) is 0 Å². The van der Waals surface area contributed by atoms with Crippen molar-refractivity contribution in [2.45, 2.75) is 5.88 Å². The third-order valence-corrected chi connectivity index (χ3v) is 3.35. The average Bonchev–Trinajstić information content (AvgIpc) is 2.92. The van der Waals surface area contributed by atoms with Crippen molar-refractivity contribution in [3.63, 3.8) is 0 Å². The number of nitriles is 2. The van der Waals surface area contributed by atoms with E-state index in [1.165, 1.54) is 0 Å². The van der Waals surface area contributed by atoms with E-state index >= 15 is 0 Å². The monoisotopic (exact) mass is 293 g/mol. The van der Waals surface area contributed by atoms with E-state index < -0.39 is 0 Å². The van der Waals surface area contributed by atoms with E-state index in [1.54, 1.807) is 35.0 Å². The quantitative estimate of drug-likeness (QED) is 0.681. The second-order valence-corrected chi connectivity index (χ2v) is 4.56. The van der Waals surface area contributed by atoms with Crippen LogP contribution < -0.4 is 0 Å². The predicted molar refractivity (Wildman–Crippen MR) is 77.9 cm³/mol. The van der Waals surface area contributed by atoms with Crippen molar-refractivity contribution in [1.29, 1.82) is 10.5 Å². The second kappa shape index (κ2) is 5.24. The molecular weight excluding hydrogens is 286 g/mol. The van der Waals surface area contributed by atoms with E-state index in [1.807, 2.05) is 18.2 Å². The number of rotatable bonds is 2. The first-order valence-electron chi connectivity index (χ1n) is 6.11. The van der Waals surface area contributed by atoms with Crippen LogP contribution in [0.3, 0.4) is 0 Å². The molecule has 2 aromatic heterocycles. The first-order valence-corrected chi connectivity index (χ1v) is 6.65. The van der Waals surface area contributed by atoms with Gasteiger partial charge in [-0.25, -0.2) is 9.97 Å². The minimum Gasteiger partial charge on any atom is -0.280 e. The van der Waals surface area contributed by atoms with Crippen molar-refractivity contribution in [3.05, 3.63) is 53.5 Å². The van der Waals surface area contributed by atoms with Gasteiger partial charge in [-0.2, -0.15) is 10.5 Å². The van der Waals surface area contributed by atoms with Crippen molar-refractivity contribution in [2.75, 3.05) is 0 Å². The lowest BCUT2D eigenvalue weighted by Gasteiger charge is -2.08. The van der Waals surface area contributed by atoms with E-state index in [0.717, 1.165) is 5.52 Å². The smallest absolute Gasteiger partial charge is 0.164 e. The Morgan fingerprint density at radius 3 is 2.67 bits per heavy atom. The van der Waals surface area contributed by atoms with Crippen LogP contribution in [0.5, 0.6) is 0 Å². The third-order valence-electron chi connectivity index (χ3n) is 3.11. The number of hydrogen-bond acceptors (Lipinski definition) is 4. The molecule has 0 amide bonds. The number of pyridine rings is 1. The number of imidazole rings is 1. The molecule has 0 saturated carbocycles. The highest BCUT2D eigenvalue weighted by molar-refractivity contribution is 6.16. The Morgan fingerprint density at radius 2 is 1.95 bits per heavy atom. The minimum absolute atomic E-state index is 0.220. The molecule has 6 heteroatoms. The summed E-state index contributed by atoms with van der Waals surface area (Å²) in [4.78, 5) is 8.74. The molecular formula is C15H8ClN5. The fourth-order valence-electron chi connectivity index (χ4n) is 2.18. The Labute approximate surface area is 125 Å². The zero-order valence-electron chi connectivity index (χ0n) is 10.8. The molecule has 0 aliphatic heterocycles. The van der Waals surface area contributed by atoms with E-state index in [2.05, 4.69) is 9.97 Å². The van der Waals surface area contributed by atoms with E-state index in [4.69, 9.17) is 22.1 Å². The number of fused-ring (bicyclic) bond motifs is 1. The Bertz CT molecular complexity index is 914. The lowest BCUT2D eigenvalue weighted by Crippen LogP contribution is -2.01. The molecule has 3 aromatic rings. The SMILES string of the molecule is N#Cc1ccc(-n2c(CCl)nc3cccnc32)cc1C#N. The maximum absolute atomic E-state index is 9.14. The number of hydrogen-bond donors (Lipinski definition) is 0. The van der Waals surface area contributed by atoms with Crippen LogP contribution in [0.1, 0.15) is 17.0 Å². The average molecular weight is 294 g/mol. The molecule has 100 valence electrons. The molecule has 0 bridgehead atoms. The highest BCUT2D eigenvalue weighted by atomic mass is 35.5. The fraction of sp³-hybridized carbons (Fsp3) is 0.0667. The Balaban J connectivity index is 2.30. The lowest BCUT2D eigenvalue weighted by molar-refractivity contribution is 0.969. The normalized spacial score (nSPS) is 10.2. The van der Waals surface area contributed by atoms with Crippen LogP contribution in [-0.4, -0.2) is 14.5 Å². The molecule has 5 nitrogen and oxygen atoms in total. The van der Waals surface area contributed by atoms with Crippen molar-refractivity contribution < 1.29 is 0 Å². The Kier molecular flexibility index (Phi) is 3.27. The predicted octanol–water partition coefficient (Wildman–Crippen LogP) is 2.90. The van der Waals surface area contributed by atoms with Gasteiger partial charge in [-0.3, -0.25) is 4.57 Å². The highest BCUT2D eigenvalue weighted by Crippen LogP contribution is 2.22. The van der Waals surface area contributed by atoms with Gasteiger partial charge in [-0.1, -0.05) is 0 Å². The van der Waals surface area contributed by atoms with E-state index in [-0.39, 0.29) is 5.88 Å². The molecule has 0 aliphatic carbocycles. The summed E-state index contributed by atoms with van der Waals surface area (Å²) in [6.45, 7) is 0. The van der Waals surface area contributed by atoms with Crippen molar-refractivity contribution in [1.82, 2.24) is 14.5 Å². The first-order chi connectivity index (χ1) is 10.3. The zero-order valence-corrected chi connectivity index (χ0v) is 11.5. The van der Waals surface area contributed by atoms with Gasteiger partial charge in [0.1, 0.15) is 23.5 Å².